The largest absolute Gasteiger partial charge is 0.313 e. The van der Waals surface area contributed by atoms with Gasteiger partial charge in [0.25, 0.3) is 0 Å². The Kier molecular flexibility index (Phi) is 13.0. The van der Waals surface area contributed by atoms with Gasteiger partial charge in [0, 0.05) is 45.4 Å². The molecule has 2 aliphatic heterocycles. The SMILES string of the molecule is Cc1cc(C)c(B2c3cc(C(C)(C)C)ccc3N3c4ccc(C(C)(C)C)cc4B(c4c(C)cc(C)cc4C)c4cc(-c5c(N(c6ccccc6)c6ccccc6)cccc5N(c5ccccc5)c5ccccc5)cc2c43)c(C)c1. The molecule has 0 N–H and O–H groups in total. The molecule has 3 nitrogen and oxygen atoms in total. The summed E-state index contributed by atoms with van der Waals surface area (Å²) in [6.45, 7) is 27.8. The number of nitrogens with zero attached hydrogens (tertiary/aromatic N) is 3. The molecule has 0 aromatic heterocycles. The van der Waals surface area contributed by atoms with Crippen LogP contribution in [0.3, 0.4) is 0 Å². The molecule has 0 saturated heterocycles. The number of hydrogen-bond donors (Lipinski definition) is 0. The molecule has 10 aromatic carbocycles. The van der Waals surface area contributed by atoms with Crippen molar-refractivity contribution in [1.82, 2.24) is 0 Å². The average Bonchev–Trinajstić information content (AvgIpc) is 2.79. The van der Waals surface area contributed by atoms with Crippen molar-refractivity contribution in [1.29, 1.82) is 0 Å². The normalized spacial score (nSPS) is 12.7. The molecule has 0 radical (unpaired) electrons. The van der Waals surface area contributed by atoms with E-state index in [-0.39, 0.29) is 24.3 Å². The molecule has 0 amide bonds. The summed E-state index contributed by atoms with van der Waals surface area (Å²) in [5.41, 5.74) is 31.0. The minimum atomic E-state index is -0.0894. The third-order valence-electron chi connectivity index (χ3n) is 16.8. The van der Waals surface area contributed by atoms with Crippen LogP contribution in [0.25, 0.3) is 11.1 Å². The summed E-state index contributed by atoms with van der Waals surface area (Å²) >= 11 is 0. The van der Waals surface area contributed by atoms with Gasteiger partial charge in [-0.25, -0.2) is 0 Å². The van der Waals surface area contributed by atoms with Gasteiger partial charge < -0.3 is 14.7 Å². The van der Waals surface area contributed by atoms with E-state index in [9.17, 15) is 0 Å². The standard InChI is InChI=1S/C74H71B2N3/c1-48-40-50(3)70(51(4)41-48)75-61-46-55(73(7,8)9)36-38-65(61)79-66-39-37-56(74(10,11)12)47-62(66)76(71-52(5)42-49(2)43-53(71)6)64-45-54(44-63(75)72(64)79)69-67(77(57-26-17-13-18-27-57)58-28-19-14-20-29-58)34-25-35-68(69)78(59-30-21-15-22-31-59)60-32-23-16-24-33-60/h13-47H,1-12H3. The Morgan fingerprint density at radius 3 is 0.987 bits per heavy atom. The van der Waals surface area contributed by atoms with Crippen molar-refractivity contribution < 1.29 is 0 Å². The van der Waals surface area contributed by atoms with E-state index in [0.717, 1.165) is 39.7 Å². The van der Waals surface area contributed by atoms with Crippen LogP contribution in [0.15, 0.2) is 212 Å². The van der Waals surface area contributed by atoms with Crippen LogP contribution in [0.4, 0.5) is 51.2 Å². The van der Waals surface area contributed by atoms with Gasteiger partial charge in [0.05, 0.1) is 11.4 Å². The summed E-state index contributed by atoms with van der Waals surface area (Å²) in [7, 11) is 0. The van der Waals surface area contributed by atoms with Gasteiger partial charge in [0.2, 0.25) is 13.4 Å². The highest BCUT2D eigenvalue weighted by Gasteiger charge is 2.46. The summed E-state index contributed by atoms with van der Waals surface area (Å²) in [4.78, 5) is 7.62. The zero-order chi connectivity index (χ0) is 55.1. The van der Waals surface area contributed by atoms with Crippen LogP contribution in [-0.2, 0) is 10.8 Å². The second-order valence-corrected chi connectivity index (χ2v) is 24.6. The number of aryl methyl sites for hydroxylation is 6. The van der Waals surface area contributed by atoms with E-state index < -0.39 is 0 Å². The third-order valence-corrected chi connectivity index (χ3v) is 16.8. The van der Waals surface area contributed by atoms with Crippen LogP contribution >= 0.6 is 0 Å². The van der Waals surface area contributed by atoms with Crippen LogP contribution in [0.2, 0.25) is 0 Å². The van der Waals surface area contributed by atoms with E-state index in [1.54, 1.807) is 0 Å². The maximum absolute atomic E-state index is 2.68. The van der Waals surface area contributed by atoms with Gasteiger partial charge in [-0.3, -0.25) is 0 Å². The number of benzene rings is 10. The van der Waals surface area contributed by atoms with Gasteiger partial charge >= 0.3 is 0 Å². The molecule has 2 heterocycles. The molecule has 79 heavy (non-hydrogen) atoms. The highest BCUT2D eigenvalue weighted by atomic mass is 15.2. The number of fused-ring (bicyclic) bond motifs is 4. The second-order valence-electron chi connectivity index (χ2n) is 24.6. The molecular formula is C74H71B2N3. The van der Waals surface area contributed by atoms with E-state index in [0.29, 0.717) is 0 Å². The summed E-state index contributed by atoms with van der Waals surface area (Å²) in [5.74, 6) is 0. The molecule has 2 aliphatic rings. The van der Waals surface area contributed by atoms with Gasteiger partial charge in [0.15, 0.2) is 0 Å². The van der Waals surface area contributed by atoms with Crippen molar-refractivity contribution in [2.45, 2.75) is 93.9 Å². The molecule has 5 heteroatoms. The minimum Gasteiger partial charge on any atom is -0.313 e. The van der Waals surface area contributed by atoms with E-state index in [1.807, 2.05) is 0 Å². The molecule has 0 aliphatic carbocycles. The smallest absolute Gasteiger partial charge is 0.247 e. The van der Waals surface area contributed by atoms with Crippen molar-refractivity contribution in [2.75, 3.05) is 14.7 Å². The predicted molar refractivity (Wildman–Crippen MR) is 344 cm³/mol. The first-order valence-electron chi connectivity index (χ1n) is 28.3. The first kappa shape index (κ1) is 51.5. The summed E-state index contributed by atoms with van der Waals surface area (Å²) in [6.07, 6.45) is 0. The maximum atomic E-state index is 2.68. The van der Waals surface area contributed by atoms with Crippen molar-refractivity contribution in [3.8, 4) is 11.1 Å². The fraction of sp³-hybridized carbons (Fsp3) is 0.189. The molecule has 0 bridgehead atoms. The quantitative estimate of drug-likeness (QED) is 0.133. The lowest BCUT2D eigenvalue weighted by molar-refractivity contribution is 0.590. The van der Waals surface area contributed by atoms with Gasteiger partial charge in [-0.1, -0.05) is 225 Å². The summed E-state index contributed by atoms with van der Waals surface area (Å²) < 4.78 is 0. The van der Waals surface area contributed by atoms with Crippen LogP contribution < -0.4 is 47.5 Å². The Morgan fingerprint density at radius 2 is 0.671 bits per heavy atom. The lowest BCUT2D eigenvalue weighted by Crippen LogP contribution is -2.66. The van der Waals surface area contributed by atoms with Crippen molar-refractivity contribution in [3.05, 3.63) is 257 Å². The molecule has 0 unspecified atom stereocenters. The van der Waals surface area contributed by atoms with Crippen molar-refractivity contribution in [3.63, 3.8) is 0 Å². The van der Waals surface area contributed by atoms with Gasteiger partial charge in [-0.05, 0) is 164 Å². The Hall–Kier alpha value is -8.27. The van der Waals surface area contributed by atoms with E-state index in [4.69, 9.17) is 0 Å². The lowest BCUT2D eigenvalue weighted by Gasteiger charge is -2.46. The zero-order valence-electron chi connectivity index (χ0n) is 48.2. The predicted octanol–water partition coefficient (Wildman–Crippen LogP) is 15.9. The van der Waals surface area contributed by atoms with E-state index in [1.165, 1.54) is 99.9 Å². The molecule has 0 spiro atoms. The first-order valence-corrected chi connectivity index (χ1v) is 28.3. The van der Waals surface area contributed by atoms with Crippen LogP contribution in [0.5, 0.6) is 0 Å². The fourth-order valence-electron chi connectivity index (χ4n) is 13.4. The number of anilines is 9. The highest BCUT2D eigenvalue weighted by molar-refractivity contribution is 7.02. The summed E-state index contributed by atoms with van der Waals surface area (Å²) in [5, 5.41) is 0. The van der Waals surface area contributed by atoms with Crippen LogP contribution in [-0.4, -0.2) is 13.4 Å². The Morgan fingerprint density at radius 1 is 0.342 bits per heavy atom. The van der Waals surface area contributed by atoms with Crippen LogP contribution in [0, 0.1) is 41.5 Å². The Labute approximate surface area is 471 Å². The monoisotopic (exact) mass is 1020 g/mol. The van der Waals surface area contributed by atoms with Gasteiger partial charge in [0.1, 0.15) is 0 Å². The number of para-hydroxylation sites is 4. The topological polar surface area (TPSA) is 9.72 Å². The highest BCUT2D eigenvalue weighted by Crippen LogP contribution is 2.50. The summed E-state index contributed by atoms with van der Waals surface area (Å²) in [6, 6.07) is 80.4. The Bertz CT molecular complexity index is 3570. The van der Waals surface area contributed by atoms with Gasteiger partial charge in [-0.2, -0.15) is 0 Å². The fourth-order valence-corrected chi connectivity index (χ4v) is 13.4. The molecule has 0 saturated carbocycles. The first-order chi connectivity index (χ1) is 38.0. The van der Waals surface area contributed by atoms with Crippen LogP contribution in [0.1, 0.15) is 86.1 Å². The Balaban J connectivity index is 1.30. The molecular weight excluding hydrogens is 952 g/mol. The lowest BCUT2D eigenvalue weighted by atomic mass is 9.29. The number of rotatable bonds is 9. The molecule has 10 aromatic rings. The van der Waals surface area contributed by atoms with Gasteiger partial charge in [-0.15, -0.1) is 0 Å². The van der Waals surface area contributed by atoms with Crippen molar-refractivity contribution >= 4 is 97.4 Å². The minimum absolute atomic E-state index is 0.0816. The average molecular weight is 1020 g/mol. The molecule has 12 rings (SSSR count). The van der Waals surface area contributed by atoms with E-state index >= 15 is 0 Å². The third kappa shape index (κ3) is 9.08. The second kappa shape index (κ2) is 19.9. The van der Waals surface area contributed by atoms with E-state index in [2.05, 4.69) is 310 Å². The maximum Gasteiger partial charge on any atom is 0.247 e. The van der Waals surface area contributed by atoms with Crippen molar-refractivity contribution in [2.24, 2.45) is 0 Å². The zero-order valence-corrected chi connectivity index (χ0v) is 48.2. The molecule has 388 valence electrons. The molecule has 0 atom stereocenters. The molecule has 0 fully saturated rings. The number of hydrogen-bond acceptors (Lipinski definition) is 3.